The van der Waals surface area contributed by atoms with Crippen molar-refractivity contribution in [2.75, 3.05) is 6.61 Å². The van der Waals surface area contributed by atoms with Gasteiger partial charge in [0.1, 0.15) is 24.3 Å². The number of carbonyl (C=O) groups excluding carboxylic acids is 2. The van der Waals surface area contributed by atoms with Crippen molar-refractivity contribution in [1.82, 2.24) is 10.6 Å². The topological polar surface area (TPSA) is 182 Å². The maximum atomic E-state index is 12.1. The first kappa shape index (κ1) is 32.6. The molecule has 1 fully saturated rings. The van der Waals surface area contributed by atoms with Crippen molar-refractivity contribution in [2.24, 2.45) is 5.73 Å². The lowest BCUT2D eigenvalue weighted by molar-refractivity contribution is -0.278. The molecule has 1 rings (SSSR count). The fraction of sp³-hybridized carbons (Fsp3) is 0.917. The second kappa shape index (κ2) is 13.4. The summed E-state index contributed by atoms with van der Waals surface area (Å²) in [5.74, 6) is -0.827. The van der Waals surface area contributed by atoms with Crippen molar-refractivity contribution in [3.05, 3.63) is 0 Å². The molecule has 0 bridgehead atoms. The van der Waals surface area contributed by atoms with E-state index in [9.17, 15) is 24.9 Å². The van der Waals surface area contributed by atoms with Crippen molar-refractivity contribution in [1.29, 1.82) is 0 Å². The molecule has 212 valence electrons. The number of hydrogen-bond donors (Lipinski definition) is 6. The number of ether oxygens (including phenoxy) is 4. The minimum Gasteiger partial charge on any atom is -0.391 e. The fourth-order valence-corrected chi connectivity index (χ4v) is 4.19. The number of rotatable bonds is 13. The second-order valence-electron chi connectivity index (χ2n) is 11.1. The average Bonchev–Trinajstić information content (AvgIpc) is 2.68. The molecule has 0 saturated carbocycles. The lowest BCUT2D eigenvalue weighted by atomic mass is 9.90. The third kappa shape index (κ3) is 10.9. The number of hydrogen-bond acceptors (Lipinski definition) is 10. The smallest absolute Gasteiger partial charge is 0.217 e. The van der Waals surface area contributed by atoms with Gasteiger partial charge in [-0.1, -0.05) is 0 Å². The summed E-state index contributed by atoms with van der Waals surface area (Å²) in [5, 5.41) is 36.0. The van der Waals surface area contributed by atoms with Crippen LogP contribution in [0.5, 0.6) is 0 Å². The van der Waals surface area contributed by atoms with Gasteiger partial charge in [-0.05, 0) is 54.9 Å². The van der Waals surface area contributed by atoms with E-state index in [0.29, 0.717) is 6.42 Å². The van der Waals surface area contributed by atoms with Crippen molar-refractivity contribution in [2.45, 2.75) is 135 Å². The van der Waals surface area contributed by atoms with E-state index in [2.05, 4.69) is 10.6 Å². The highest BCUT2D eigenvalue weighted by molar-refractivity contribution is 5.73. The van der Waals surface area contributed by atoms with Crippen molar-refractivity contribution < 1.29 is 43.9 Å². The van der Waals surface area contributed by atoms with Gasteiger partial charge in [-0.25, -0.2) is 0 Å². The summed E-state index contributed by atoms with van der Waals surface area (Å²) in [4.78, 5) is 23.8. The number of aliphatic hydroxyl groups excluding tert-OH is 3. The highest BCUT2D eigenvalue weighted by atomic mass is 16.7. The zero-order valence-electron chi connectivity index (χ0n) is 23.0. The van der Waals surface area contributed by atoms with Crippen LogP contribution in [0.1, 0.15) is 68.7 Å². The molecule has 0 aliphatic carbocycles. The molecule has 0 radical (unpaired) electrons. The summed E-state index contributed by atoms with van der Waals surface area (Å²) in [6, 6.07) is -1.93. The molecule has 1 heterocycles. The summed E-state index contributed by atoms with van der Waals surface area (Å²) >= 11 is 0. The molecule has 9 atom stereocenters. The van der Waals surface area contributed by atoms with Crippen LogP contribution >= 0.6 is 0 Å². The molecular formula is C24H47N3O9. The fourth-order valence-electron chi connectivity index (χ4n) is 4.19. The molecule has 12 nitrogen and oxygen atoms in total. The van der Waals surface area contributed by atoms with E-state index in [-0.39, 0.29) is 12.5 Å². The van der Waals surface area contributed by atoms with E-state index >= 15 is 0 Å². The monoisotopic (exact) mass is 521 g/mol. The van der Waals surface area contributed by atoms with Gasteiger partial charge < -0.3 is 50.6 Å². The maximum Gasteiger partial charge on any atom is 0.217 e. The SMILES string of the molecule is CC(=O)NC1C(OC[C@H](NC(C)=O)C(OC(C)[C@@H](C)O)OC(C)(C)CC(C)(C)N)OC(C)C(O)C1O. The van der Waals surface area contributed by atoms with Gasteiger partial charge in [-0.15, -0.1) is 0 Å². The molecule has 7 unspecified atom stereocenters. The molecule has 2 amide bonds. The molecule has 1 saturated heterocycles. The Balaban J connectivity index is 3.20. The Bertz CT molecular complexity index is 713. The maximum absolute atomic E-state index is 12.1. The Morgan fingerprint density at radius 1 is 1.08 bits per heavy atom. The van der Waals surface area contributed by atoms with E-state index in [1.807, 2.05) is 27.7 Å². The number of nitrogens with one attached hydrogen (secondary N) is 2. The molecule has 7 N–H and O–H groups in total. The van der Waals surface area contributed by atoms with Crippen molar-refractivity contribution in [3.63, 3.8) is 0 Å². The first-order valence-electron chi connectivity index (χ1n) is 12.3. The molecule has 0 spiro atoms. The van der Waals surface area contributed by atoms with Crippen LogP contribution in [-0.2, 0) is 28.5 Å². The molecule has 12 heteroatoms. The quantitative estimate of drug-likeness (QED) is 0.173. The molecule has 1 aliphatic rings. The van der Waals surface area contributed by atoms with E-state index in [1.165, 1.54) is 13.8 Å². The molecule has 0 aromatic heterocycles. The minimum absolute atomic E-state index is 0.199. The van der Waals surface area contributed by atoms with Crippen LogP contribution in [-0.4, -0.2) is 100 Å². The van der Waals surface area contributed by atoms with Crippen LogP contribution in [0.2, 0.25) is 0 Å². The van der Waals surface area contributed by atoms with Crippen LogP contribution in [0, 0.1) is 0 Å². The number of amides is 2. The third-order valence-corrected chi connectivity index (χ3v) is 5.71. The minimum atomic E-state index is -1.34. The first-order chi connectivity index (χ1) is 16.3. The Labute approximate surface area is 214 Å². The molecule has 1 aliphatic heterocycles. The first-order valence-corrected chi connectivity index (χ1v) is 12.3. The highest BCUT2D eigenvalue weighted by Crippen LogP contribution is 2.27. The molecule has 0 aromatic rings. The summed E-state index contributed by atoms with van der Waals surface area (Å²) < 4.78 is 23.9. The lowest BCUT2D eigenvalue weighted by Gasteiger charge is -2.43. The van der Waals surface area contributed by atoms with Gasteiger partial charge in [0.15, 0.2) is 12.6 Å². The zero-order valence-corrected chi connectivity index (χ0v) is 23.0. The summed E-state index contributed by atoms with van der Waals surface area (Å²) in [6.45, 7) is 14.6. The Morgan fingerprint density at radius 2 is 1.67 bits per heavy atom. The van der Waals surface area contributed by atoms with Crippen LogP contribution < -0.4 is 16.4 Å². The van der Waals surface area contributed by atoms with Crippen molar-refractivity contribution in [3.8, 4) is 0 Å². The third-order valence-electron chi connectivity index (χ3n) is 5.71. The van der Waals surface area contributed by atoms with E-state index in [4.69, 9.17) is 24.7 Å². The van der Waals surface area contributed by atoms with Crippen LogP contribution in [0.4, 0.5) is 0 Å². The van der Waals surface area contributed by atoms with Crippen LogP contribution in [0.3, 0.4) is 0 Å². The van der Waals surface area contributed by atoms with E-state index in [1.54, 1.807) is 20.8 Å². The number of carbonyl (C=O) groups is 2. The molecule has 36 heavy (non-hydrogen) atoms. The predicted octanol–water partition coefficient (Wildman–Crippen LogP) is -0.486. The predicted molar refractivity (Wildman–Crippen MR) is 132 cm³/mol. The second-order valence-corrected chi connectivity index (χ2v) is 11.1. The lowest BCUT2D eigenvalue weighted by Crippen LogP contribution is -2.64. The molecular weight excluding hydrogens is 474 g/mol. The number of nitrogens with two attached hydrogens (primary N) is 1. The van der Waals surface area contributed by atoms with Gasteiger partial charge in [-0.2, -0.15) is 0 Å². The van der Waals surface area contributed by atoms with Gasteiger partial charge in [0.25, 0.3) is 0 Å². The normalized spacial score (nSPS) is 28.6. The van der Waals surface area contributed by atoms with E-state index in [0.717, 1.165) is 0 Å². The number of aliphatic hydroxyl groups is 3. The van der Waals surface area contributed by atoms with Gasteiger partial charge in [-0.3, -0.25) is 9.59 Å². The van der Waals surface area contributed by atoms with Crippen LogP contribution in [0.15, 0.2) is 0 Å². The largest absolute Gasteiger partial charge is 0.391 e. The van der Waals surface area contributed by atoms with Crippen molar-refractivity contribution >= 4 is 11.8 Å². The van der Waals surface area contributed by atoms with Gasteiger partial charge in [0.2, 0.25) is 11.8 Å². The van der Waals surface area contributed by atoms with Gasteiger partial charge in [0.05, 0.1) is 30.5 Å². The Kier molecular flexibility index (Phi) is 12.2. The van der Waals surface area contributed by atoms with Gasteiger partial charge in [0, 0.05) is 19.4 Å². The van der Waals surface area contributed by atoms with E-state index < -0.39 is 72.2 Å². The standard InChI is InChI=1S/C24H47N3O9/c1-12(28)13(2)34-21(36-24(8,9)11-23(6,7)25)17(26-15(4)29)10-33-22-18(27-16(5)30)20(32)19(31)14(3)35-22/h12-14,17-22,28,31-32H,10-11,25H2,1-9H3,(H,26,29)(H,27,30)/t12-,13?,14?,17+,18?,19?,20?,21?,22?/m1/s1. The summed E-state index contributed by atoms with van der Waals surface area (Å²) in [7, 11) is 0. The zero-order chi connectivity index (χ0) is 28.0. The van der Waals surface area contributed by atoms with Gasteiger partial charge >= 0.3 is 0 Å². The Hall–Kier alpha value is -1.38. The highest BCUT2D eigenvalue weighted by Gasteiger charge is 2.45. The Morgan fingerprint density at radius 3 is 2.14 bits per heavy atom. The average molecular weight is 522 g/mol. The van der Waals surface area contributed by atoms with Crippen LogP contribution in [0.25, 0.3) is 0 Å². The summed E-state index contributed by atoms with van der Waals surface area (Å²) in [6.07, 6.45) is -6.58. The molecule has 0 aromatic carbocycles. The summed E-state index contributed by atoms with van der Waals surface area (Å²) in [5.41, 5.74) is 4.86.